The van der Waals surface area contributed by atoms with Gasteiger partial charge >= 0.3 is 0 Å². The van der Waals surface area contributed by atoms with Crippen LogP contribution in [0.5, 0.6) is 0 Å². The van der Waals surface area contributed by atoms with Crippen LogP contribution in [0, 0.1) is 5.41 Å². The summed E-state index contributed by atoms with van der Waals surface area (Å²) in [6.45, 7) is 6.39. The van der Waals surface area contributed by atoms with Crippen molar-refractivity contribution in [3.63, 3.8) is 0 Å². The van der Waals surface area contributed by atoms with Crippen molar-refractivity contribution >= 4 is 15.9 Å². The summed E-state index contributed by atoms with van der Waals surface area (Å²) < 4.78 is 5.46. The third kappa shape index (κ3) is 3.01. The van der Waals surface area contributed by atoms with Crippen molar-refractivity contribution in [1.29, 1.82) is 0 Å². The molecule has 0 fully saturated rings. The van der Waals surface area contributed by atoms with Crippen LogP contribution in [0.4, 0.5) is 0 Å². The average Bonchev–Trinajstić information content (AvgIpc) is 2.10. The highest BCUT2D eigenvalue weighted by Gasteiger charge is 2.15. The first-order valence-electron chi connectivity index (χ1n) is 3.45. The van der Waals surface area contributed by atoms with Crippen molar-refractivity contribution in [2.45, 2.75) is 27.2 Å². The van der Waals surface area contributed by atoms with Gasteiger partial charge in [-0.3, -0.25) is 0 Å². The monoisotopic (exact) mass is 218 g/mol. The van der Waals surface area contributed by atoms with E-state index in [9.17, 15) is 0 Å². The standard InChI is InChI=1S/C7H11BrN2O/c1-7(2,3)4-5-9-6(8)10-11-5/h4H2,1-3H3. The predicted molar refractivity (Wildman–Crippen MR) is 45.2 cm³/mol. The molecule has 0 spiro atoms. The number of rotatable bonds is 1. The van der Waals surface area contributed by atoms with E-state index in [2.05, 4.69) is 46.8 Å². The van der Waals surface area contributed by atoms with Crippen molar-refractivity contribution in [1.82, 2.24) is 10.1 Å². The SMILES string of the molecule is CC(C)(C)Cc1nc(Br)no1. The first-order valence-corrected chi connectivity index (χ1v) is 4.25. The fraction of sp³-hybridized carbons (Fsp3) is 0.714. The van der Waals surface area contributed by atoms with Gasteiger partial charge in [-0.25, -0.2) is 0 Å². The normalized spacial score (nSPS) is 12.0. The van der Waals surface area contributed by atoms with Gasteiger partial charge in [-0.2, -0.15) is 4.98 Å². The van der Waals surface area contributed by atoms with Gasteiger partial charge in [0.15, 0.2) is 0 Å². The summed E-state index contributed by atoms with van der Waals surface area (Å²) in [5, 5.41) is 3.63. The summed E-state index contributed by atoms with van der Waals surface area (Å²) in [4.78, 5) is 4.03. The van der Waals surface area contributed by atoms with Crippen LogP contribution >= 0.6 is 15.9 Å². The molecule has 4 heteroatoms. The molecule has 3 nitrogen and oxygen atoms in total. The zero-order valence-corrected chi connectivity index (χ0v) is 8.47. The van der Waals surface area contributed by atoms with Gasteiger partial charge < -0.3 is 4.52 Å². The van der Waals surface area contributed by atoms with E-state index in [1.54, 1.807) is 0 Å². The molecule has 0 aliphatic carbocycles. The van der Waals surface area contributed by atoms with Crippen LogP contribution in [-0.4, -0.2) is 10.1 Å². The number of hydrogen-bond acceptors (Lipinski definition) is 3. The van der Waals surface area contributed by atoms with Gasteiger partial charge in [0, 0.05) is 6.42 Å². The Morgan fingerprint density at radius 2 is 2.09 bits per heavy atom. The van der Waals surface area contributed by atoms with Crippen LogP contribution in [0.1, 0.15) is 26.7 Å². The molecular weight excluding hydrogens is 208 g/mol. The maximum absolute atomic E-state index is 4.93. The maximum atomic E-state index is 4.93. The summed E-state index contributed by atoms with van der Waals surface area (Å²) in [5.74, 6) is 0.685. The Morgan fingerprint density at radius 3 is 2.45 bits per heavy atom. The zero-order valence-electron chi connectivity index (χ0n) is 6.89. The summed E-state index contributed by atoms with van der Waals surface area (Å²) >= 11 is 3.12. The molecule has 0 amide bonds. The summed E-state index contributed by atoms with van der Waals surface area (Å²) in [6, 6.07) is 0. The molecule has 0 aromatic carbocycles. The maximum Gasteiger partial charge on any atom is 0.238 e. The van der Waals surface area contributed by atoms with Crippen molar-refractivity contribution in [3.05, 3.63) is 10.6 Å². The van der Waals surface area contributed by atoms with Crippen LogP contribution in [-0.2, 0) is 6.42 Å². The number of nitrogens with zero attached hydrogens (tertiary/aromatic N) is 2. The first kappa shape index (κ1) is 8.71. The fourth-order valence-electron chi connectivity index (χ4n) is 0.760. The Morgan fingerprint density at radius 1 is 1.45 bits per heavy atom. The lowest BCUT2D eigenvalue weighted by atomic mass is 9.92. The highest BCUT2D eigenvalue weighted by Crippen LogP contribution is 2.19. The zero-order chi connectivity index (χ0) is 8.48. The molecule has 0 atom stereocenters. The van der Waals surface area contributed by atoms with E-state index in [1.807, 2.05) is 0 Å². The van der Waals surface area contributed by atoms with Gasteiger partial charge in [-0.15, -0.1) is 0 Å². The van der Waals surface area contributed by atoms with Gasteiger partial charge in [0.05, 0.1) is 0 Å². The van der Waals surface area contributed by atoms with Crippen LogP contribution in [0.3, 0.4) is 0 Å². The second-order valence-corrected chi connectivity index (χ2v) is 4.40. The number of aromatic nitrogens is 2. The van der Waals surface area contributed by atoms with E-state index in [0.717, 1.165) is 6.42 Å². The Labute approximate surface area is 74.3 Å². The molecule has 0 saturated heterocycles. The average molecular weight is 219 g/mol. The van der Waals surface area contributed by atoms with Crippen LogP contribution in [0.2, 0.25) is 0 Å². The molecule has 11 heavy (non-hydrogen) atoms. The van der Waals surface area contributed by atoms with Crippen LogP contribution in [0.25, 0.3) is 0 Å². The molecule has 0 aliphatic rings. The van der Waals surface area contributed by atoms with Gasteiger partial charge in [-0.05, 0) is 26.5 Å². The Bertz CT molecular complexity index is 239. The number of halogens is 1. The molecule has 0 bridgehead atoms. The molecule has 1 rings (SSSR count). The summed E-state index contributed by atoms with van der Waals surface area (Å²) in [5.41, 5.74) is 0.200. The van der Waals surface area contributed by atoms with Crippen molar-refractivity contribution in [3.8, 4) is 0 Å². The van der Waals surface area contributed by atoms with E-state index < -0.39 is 0 Å². The lowest BCUT2D eigenvalue weighted by Gasteiger charge is -2.13. The second kappa shape index (κ2) is 2.93. The van der Waals surface area contributed by atoms with Crippen LogP contribution in [0.15, 0.2) is 9.26 Å². The largest absolute Gasteiger partial charge is 0.338 e. The quantitative estimate of drug-likeness (QED) is 0.727. The van der Waals surface area contributed by atoms with Crippen molar-refractivity contribution in [2.75, 3.05) is 0 Å². The Kier molecular flexibility index (Phi) is 2.32. The second-order valence-electron chi connectivity index (χ2n) is 3.69. The summed E-state index contributed by atoms with van der Waals surface area (Å²) in [6.07, 6.45) is 0.811. The molecule has 62 valence electrons. The van der Waals surface area contributed by atoms with E-state index in [4.69, 9.17) is 4.52 Å². The molecule has 1 aromatic rings. The Hall–Kier alpha value is -0.380. The lowest BCUT2D eigenvalue weighted by molar-refractivity contribution is 0.312. The molecule has 1 heterocycles. The fourth-order valence-corrected chi connectivity index (χ4v) is 1.03. The van der Waals surface area contributed by atoms with E-state index >= 15 is 0 Å². The van der Waals surface area contributed by atoms with E-state index in [0.29, 0.717) is 10.6 Å². The smallest absolute Gasteiger partial charge is 0.238 e. The van der Waals surface area contributed by atoms with Crippen molar-refractivity contribution in [2.24, 2.45) is 5.41 Å². The van der Waals surface area contributed by atoms with Crippen LogP contribution < -0.4 is 0 Å². The minimum absolute atomic E-state index is 0.200. The Balaban J connectivity index is 2.65. The minimum atomic E-state index is 0.200. The summed E-state index contributed by atoms with van der Waals surface area (Å²) in [7, 11) is 0. The molecule has 0 saturated carbocycles. The third-order valence-corrected chi connectivity index (χ3v) is 1.45. The highest BCUT2D eigenvalue weighted by atomic mass is 79.9. The third-order valence-electron chi connectivity index (χ3n) is 1.12. The lowest BCUT2D eigenvalue weighted by Crippen LogP contribution is -2.09. The van der Waals surface area contributed by atoms with E-state index in [1.165, 1.54) is 0 Å². The molecule has 0 unspecified atom stereocenters. The first-order chi connectivity index (χ1) is 4.97. The minimum Gasteiger partial charge on any atom is -0.338 e. The van der Waals surface area contributed by atoms with E-state index in [-0.39, 0.29) is 5.41 Å². The molecular formula is C7H11BrN2O. The van der Waals surface area contributed by atoms with Gasteiger partial charge in [-0.1, -0.05) is 20.8 Å². The highest BCUT2D eigenvalue weighted by molar-refractivity contribution is 9.10. The topological polar surface area (TPSA) is 38.9 Å². The molecule has 0 aliphatic heterocycles. The molecule has 0 radical (unpaired) electrons. The predicted octanol–water partition coefficient (Wildman–Crippen LogP) is 2.42. The van der Waals surface area contributed by atoms with Gasteiger partial charge in [0.2, 0.25) is 10.6 Å². The van der Waals surface area contributed by atoms with Gasteiger partial charge in [0.1, 0.15) is 0 Å². The molecule has 0 N–H and O–H groups in total. The van der Waals surface area contributed by atoms with Gasteiger partial charge in [0.25, 0.3) is 0 Å². The number of hydrogen-bond donors (Lipinski definition) is 0. The van der Waals surface area contributed by atoms with Crippen molar-refractivity contribution < 1.29 is 4.52 Å². The molecule has 1 aromatic heterocycles.